The standard InChI is InChI=1S/C75H142O6/c1-4-7-10-13-16-19-22-25-28-30-32-34-36-38-40-41-43-45-47-50-53-56-59-62-65-68-74(77)80-71-72(70-79-73(76)67-64-61-58-55-52-49-27-24-21-18-15-12-9-6-3)81-75(78)69-66-63-60-57-54-51-48-46-44-42-39-37-35-33-31-29-26-23-20-17-14-11-8-5-2/h15,18,24,27,72H,4-14,16-17,19-23,25-26,28-71H2,1-3H3/b18-15-,27-24-. The van der Waals surface area contributed by atoms with Crippen molar-refractivity contribution in [3.8, 4) is 0 Å². The summed E-state index contributed by atoms with van der Waals surface area (Å²) in [5.74, 6) is -0.849. The van der Waals surface area contributed by atoms with E-state index in [-0.39, 0.29) is 31.1 Å². The zero-order valence-electron chi connectivity index (χ0n) is 55.1. The lowest BCUT2D eigenvalue weighted by Gasteiger charge is -2.18. The Morgan fingerprint density at radius 2 is 0.457 bits per heavy atom. The molecule has 0 rings (SSSR count). The molecule has 1 unspecified atom stereocenters. The summed E-state index contributed by atoms with van der Waals surface area (Å²) in [4.78, 5) is 38.5. The van der Waals surface area contributed by atoms with Gasteiger partial charge in [-0.25, -0.2) is 0 Å². The van der Waals surface area contributed by atoms with Gasteiger partial charge in [0, 0.05) is 19.3 Å². The molecular weight excluding hydrogens is 997 g/mol. The molecule has 0 N–H and O–H groups in total. The fraction of sp³-hybridized carbons (Fsp3) is 0.907. The van der Waals surface area contributed by atoms with Crippen LogP contribution in [0.25, 0.3) is 0 Å². The fourth-order valence-electron chi connectivity index (χ4n) is 11.4. The van der Waals surface area contributed by atoms with Crippen LogP contribution in [0.3, 0.4) is 0 Å². The molecule has 0 aliphatic heterocycles. The smallest absolute Gasteiger partial charge is 0.306 e. The molecule has 0 aliphatic carbocycles. The van der Waals surface area contributed by atoms with Crippen molar-refractivity contribution in [2.75, 3.05) is 13.2 Å². The highest BCUT2D eigenvalue weighted by atomic mass is 16.6. The van der Waals surface area contributed by atoms with Crippen molar-refractivity contribution in [3.05, 3.63) is 24.3 Å². The van der Waals surface area contributed by atoms with Crippen molar-refractivity contribution in [2.24, 2.45) is 0 Å². The summed E-state index contributed by atoms with van der Waals surface area (Å²) in [6, 6.07) is 0. The maximum absolute atomic E-state index is 13.0. The average Bonchev–Trinajstić information content (AvgIpc) is 3.47. The third-order valence-corrected chi connectivity index (χ3v) is 17.0. The molecule has 0 amide bonds. The fourth-order valence-corrected chi connectivity index (χ4v) is 11.4. The zero-order chi connectivity index (χ0) is 58.5. The lowest BCUT2D eigenvalue weighted by Crippen LogP contribution is -2.30. The van der Waals surface area contributed by atoms with Crippen molar-refractivity contribution in [3.63, 3.8) is 0 Å². The summed E-state index contributed by atoms with van der Waals surface area (Å²) in [6.07, 6.45) is 86.5. The number of esters is 3. The van der Waals surface area contributed by atoms with Crippen LogP contribution in [0.5, 0.6) is 0 Å². The van der Waals surface area contributed by atoms with E-state index in [0.717, 1.165) is 77.0 Å². The number of unbranched alkanes of at least 4 members (excludes halogenated alkanes) is 54. The highest BCUT2D eigenvalue weighted by Gasteiger charge is 2.20. The van der Waals surface area contributed by atoms with Crippen LogP contribution in [0, 0.1) is 0 Å². The van der Waals surface area contributed by atoms with Gasteiger partial charge >= 0.3 is 17.9 Å². The SMILES string of the molecule is CCCC/C=C\C/C=C\CCCCCCCC(=O)OCC(COC(=O)CCCCCCCCCCCCCCCCCCCCCCCCCCC)OC(=O)CCCCCCCCCCCCCCCCCCCCCCCCCC. The van der Waals surface area contributed by atoms with Crippen molar-refractivity contribution in [1.82, 2.24) is 0 Å². The normalized spacial score (nSPS) is 12.1. The van der Waals surface area contributed by atoms with Gasteiger partial charge in [-0.1, -0.05) is 379 Å². The van der Waals surface area contributed by atoms with Crippen molar-refractivity contribution >= 4 is 17.9 Å². The zero-order valence-corrected chi connectivity index (χ0v) is 55.1. The van der Waals surface area contributed by atoms with E-state index in [4.69, 9.17) is 14.2 Å². The van der Waals surface area contributed by atoms with Gasteiger partial charge in [-0.3, -0.25) is 14.4 Å². The molecule has 1 atom stereocenters. The quantitative estimate of drug-likeness (QED) is 0.0261. The Balaban J connectivity index is 4.21. The first kappa shape index (κ1) is 78.9. The first-order valence-corrected chi connectivity index (χ1v) is 36.8. The lowest BCUT2D eigenvalue weighted by atomic mass is 10.0. The van der Waals surface area contributed by atoms with Gasteiger partial charge in [0.2, 0.25) is 0 Å². The van der Waals surface area contributed by atoms with Gasteiger partial charge in [-0.05, 0) is 44.9 Å². The largest absolute Gasteiger partial charge is 0.462 e. The Bertz CT molecular complexity index is 1310. The molecule has 81 heavy (non-hydrogen) atoms. The van der Waals surface area contributed by atoms with Gasteiger partial charge in [0.25, 0.3) is 0 Å². The Morgan fingerprint density at radius 3 is 0.716 bits per heavy atom. The van der Waals surface area contributed by atoms with Crippen molar-refractivity contribution in [1.29, 1.82) is 0 Å². The third kappa shape index (κ3) is 68.6. The first-order valence-electron chi connectivity index (χ1n) is 36.8. The number of carbonyl (C=O) groups excluding carboxylic acids is 3. The van der Waals surface area contributed by atoms with Crippen LogP contribution in [0.1, 0.15) is 419 Å². The minimum absolute atomic E-state index is 0.0691. The van der Waals surface area contributed by atoms with Crippen LogP contribution in [0.2, 0.25) is 0 Å². The van der Waals surface area contributed by atoms with Gasteiger partial charge in [0.15, 0.2) is 6.10 Å². The molecule has 0 radical (unpaired) electrons. The minimum atomic E-state index is -0.774. The van der Waals surface area contributed by atoms with Crippen molar-refractivity contribution < 1.29 is 28.6 Å². The molecular formula is C75H142O6. The predicted molar refractivity (Wildman–Crippen MR) is 353 cm³/mol. The number of allylic oxidation sites excluding steroid dienone is 4. The third-order valence-electron chi connectivity index (χ3n) is 17.0. The molecule has 0 bridgehead atoms. The molecule has 0 fully saturated rings. The maximum Gasteiger partial charge on any atom is 0.306 e. The summed E-state index contributed by atoms with van der Waals surface area (Å²) in [5.41, 5.74) is 0. The van der Waals surface area contributed by atoms with Crippen LogP contribution in [-0.2, 0) is 28.6 Å². The number of hydrogen-bond donors (Lipinski definition) is 0. The van der Waals surface area contributed by atoms with E-state index in [0.29, 0.717) is 19.3 Å². The lowest BCUT2D eigenvalue weighted by molar-refractivity contribution is -0.167. The summed E-state index contributed by atoms with van der Waals surface area (Å²) >= 11 is 0. The van der Waals surface area contributed by atoms with Gasteiger partial charge in [0.1, 0.15) is 13.2 Å². The highest BCUT2D eigenvalue weighted by Crippen LogP contribution is 2.19. The Hall–Kier alpha value is -2.11. The van der Waals surface area contributed by atoms with E-state index in [2.05, 4.69) is 45.1 Å². The number of hydrogen-bond acceptors (Lipinski definition) is 6. The molecule has 0 saturated carbocycles. The van der Waals surface area contributed by atoms with Crippen LogP contribution in [-0.4, -0.2) is 37.2 Å². The number of rotatable bonds is 69. The molecule has 0 aromatic carbocycles. The van der Waals surface area contributed by atoms with E-state index in [9.17, 15) is 14.4 Å². The summed E-state index contributed by atoms with van der Waals surface area (Å²) in [7, 11) is 0. The molecule has 478 valence electrons. The van der Waals surface area contributed by atoms with Crippen LogP contribution >= 0.6 is 0 Å². The van der Waals surface area contributed by atoms with E-state index in [1.54, 1.807) is 0 Å². The van der Waals surface area contributed by atoms with E-state index in [1.165, 1.54) is 302 Å². The van der Waals surface area contributed by atoms with Crippen LogP contribution in [0.4, 0.5) is 0 Å². The summed E-state index contributed by atoms with van der Waals surface area (Å²) in [5, 5.41) is 0. The van der Waals surface area contributed by atoms with Gasteiger partial charge in [0.05, 0.1) is 0 Å². The molecule has 6 heteroatoms. The van der Waals surface area contributed by atoms with E-state index >= 15 is 0 Å². The molecule has 0 aromatic rings. The van der Waals surface area contributed by atoms with Gasteiger partial charge in [-0.2, -0.15) is 0 Å². The van der Waals surface area contributed by atoms with E-state index in [1.807, 2.05) is 0 Å². The Morgan fingerprint density at radius 1 is 0.247 bits per heavy atom. The maximum atomic E-state index is 13.0. The van der Waals surface area contributed by atoms with Gasteiger partial charge in [-0.15, -0.1) is 0 Å². The molecule has 0 aliphatic rings. The predicted octanol–water partition coefficient (Wildman–Crippen LogP) is 25.3. The summed E-state index contributed by atoms with van der Waals surface area (Å²) in [6.45, 7) is 6.68. The highest BCUT2D eigenvalue weighted by molar-refractivity contribution is 5.71. The summed E-state index contributed by atoms with van der Waals surface area (Å²) < 4.78 is 17.0. The second-order valence-electron chi connectivity index (χ2n) is 25.2. The van der Waals surface area contributed by atoms with E-state index < -0.39 is 6.10 Å². The first-order chi connectivity index (χ1) is 40.0. The molecule has 0 saturated heterocycles. The van der Waals surface area contributed by atoms with Crippen LogP contribution in [0.15, 0.2) is 24.3 Å². The topological polar surface area (TPSA) is 78.9 Å². The monoisotopic (exact) mass is 1140 g/mol. The average molecular weight is 1140 g/mol. The second kappa shape index (κ2) is 70.4. The molecule has 0 spiro atoms. The molecule has 0 heterocycles. The van der Waals surface area contributed by atoms with Gasteiger partial charge < -0.3 is 14.2 Å². The minimum Gasteiger partial charge on any atom is -0.462 e. The molecule has 0 aromatic heterocycles. The second-order valence-corrected chi connectivity index (χ2v) is 25.2. The number of carbonyl (C=O) groups is 3. The Labute approximate surface area is 506 Å². The number of ether oxygens (including phenoxy) is 3. The van der Waals surface area contributed by atoms with Crippen molar-refractivity contribution in [2.45, 2.75) is 425 Å². The van der Waals surface area contributed by atoms with Crippen LogP contribution < -0.4 is 0 Å². The molecule has 6 nitrogen and oxygen atoms in total. The Kier molecular flexibility index (Phi) is 68.5.